The zero-order chi connectivity index (χ0) is 24.5. The van der Waals surface area contributed by atoms with Crippen LogP contribution in [0.5, 0.6) is 0 Å². The average molecular weight is 493 g/mol. The second kappa shape index (κ2) is 9.71. The molecule has 0 bridgehead atoms. The Labute approximate surface area is 208 Å². The molecule has 1 aliphatic rings. The van der Waals surface area contributed by atoms with Crippen LogP contribution in [-0.2, 0) is 4.74 Å². The maximum atomic E-state index is 13.3. The van der Waals surface area contributed by atoms with E-state index in [0.717, 1.165) is 47.4 Å². The van der Waals surface area contributed by atoms with Gasteiger partial charge in [-0.15, -0.1) is 10.2 Å². The largest absolute Gasteiger partial charge is 0.378 e. The number of Topliss-reactive ketones (excluding diaryl/α,β-unsaturated/α-hetero) is 1. The van der Waals surface area contributed by atoms with E-state index in [-0.39, 0.29) is 11.5 Å². The quantitative estimate of drug-likeness (QED) is 0.281. The van der Waals surface area contributed by atoms with Crippen LogP contribution < -0.4 is 4.90 Å². The normalized spacial score (nSPS) is 14.0. The Bertz CT molecular complexity index is 1370. The molecule has 1 aromatic carbocycles. The number of anilines is 1. The number of hydrogen-bond acceptors (Lipinski definition) is 8. The summed E-state index contributed by atoms with van der Waals surface area (Å²) < 4.78 is 14.7. The van der Waals surface area contributed by atoms with Crippen molar-refractivity contribution in [2.24, 2.45) is 0 Å². The maximum absolute atomic E-state index is 13.3. The van der Waals surface area contributed by atoms with E-state index >= 15 is 0 Å². The molecule has 1 aliphatic heterocycles. The highest BCUT2D eigenvalue weighted by Crippen LogP contribution is 2.29. The molecule has 9 nitrogen and oxygen atoms in total. The Kier molecular flexibility index (Phi) is 6.48. The van der Waals surface area contributed by atoms with Gasteiger partial charge >= 0.3 is 0 Å². The lowest BCUT2D eigenvalue weighted by Crippen LogP contribution is -2.37. The lowest BCUT2D eigenvalue weighted by molar-refractivity contribution is 0.102. The number of benzene rings is 1. The van der Waals surface area contributed by atoms with Gasteiger partial charge in [-0.05, 0) is 51.5 Å². The zero-order valence-electron chi connectivity index (χ0n) is 20.3. The van der Waals surface area contributed by atoms with Gasteiger partial charge in [0.15, 0.2) is 16.8 Å². The predicted octanol–water partition coefficient (Wildman–Crippen LogP) is 4.09. The lowest BCUT2D eigenvalue weighted by atomic mass is 10.2. The van der Waals surface area contributed by atoms with E-state index < -0.39 is 0 Å². The van der Waals surface area contributed by atoms with Crippen molar-refractivity contribution in [3.8, 4) is 11.5 Å². The van der Waals surface area contributed by atoms with Crippen molar-refractivity contribution in [1.29, 1.82) is 0 Å². The minimum Gasteiger partial charge on any atom is -0.378 e. The fraction of sp³-hybridized carbons (Fsp3) is 0.360. The summed E-state index contributed by atoms with van der Waals surface area (Å²) in [5, 5.41) is 13.8. The van der Waals surface area contributed by atoms with Crippen LogP contribution in [0.3, 0.4) is 0 Å². The lowest BCUT2D eigenvalue weighted by Gasteiger charge is -2.28. The summed E-state index contributed by atoms with van der Waals surface area (Å²) in [7, 11) is 0. The number of aryl methyl sites for hydroxylation is 3. The topological polar surface area (TPSA) is 91.2 Å². The number of hydrogen-bond donors (Lipinski definition) is 0. The van der Waals surface area contributed by atoms with Crippen LogP contribution in [0, 0.1) is 27.7 Å². The number of carbonyl (C=O) groups excluding carboxylic acids is 1. The third-order valence-corrected chi connectivity index (χ3v) is 7.01. The van der Waals surface area contributed by atoms with Crippen molar-refractivity contribution in [2.75, 3.05) is 37.0 Å². The SMILES string of the molecule is Cc1cccc(-n2c(SCC(=O)c3cc(C)n(-c4cc(C)on4)c3C)nnc2N2CCOCC2)c1. The molecule has 4 aromatic rings. The highest BCUT2D eigenvalue weighted by molar-refractivity contribution is 7.99. The molecule has 0 amide bonds. The summed E-state index contributed by atoms with van der Waals surface area (Å²) in [5.74, 6) is 2.45. The molecule has 0 unspecified atom stereocenters. The van der Waals surface area contributed by atoms with Crippen molar-refractivity contribution in [3.05, 3.63) is 64.7 Å². The van der Waals surface area contributed by atoms with E-state index in [0.29, 0.717) is 29.8 Å². The Balaban J connectivity index is 1.42. The summed E-state index contributed by atoms with van der Waals surface area (Å²) in [6.07, 6.45) is 0. The van der Waals surface area contributed by atoms with Crippen LogP contribution in [-0.4, -0.2) is 62.3 Å². The Hall–Kier alpha value is -3.37. The van der Waals surface area contributed by atoms with Gasteiger partial charge in [0, 0.05) is 36.1 Å². The van der Waals surface area contributed by atoms with Gasteiger partial charge in [-0.1, -0.05) is 29.1 Å². The first-order chi connectivity index (χ1) is 16.9. The highest BCUT2D eigenvalue weighted by Gasteiger charge is 2.24. The smallest absolute Gasteiger partial charge is 0.232 e. The van der Waals surface area contributed by atoms with Gasteiger partial charge in [-0.3, -0.25) is 13.9 Å². The van der Waals surface area contributed by atoms with Crippen molar-refractivity contribution in [3.63, 3.8) is 0 Å². The minimum atomic E-state index is 0.0290. The number of ketones is 1. The average Bonchev–Trinajstić information content (AvgIpc) is 3.55. The summed E-state index contributed by atoms with van der Waals surface area (Å²) in [6, 6.07) is 12.0. The monoisotopic (exact) mass is 492 g/mol. The summed E-state index contributed by atoms with van der Waals surface area (Å²) in [5.41, 5.74) is 4.57. The molecular formula is C25H28N6O3S. The molecule has 0 radical (unpaired) electrons. The summed E-state index contributed by atoms with van der Waals surface area (Å²) >= 11 is 1.40. The van der Waals surface area contributed by atoms with Crippen molar-refractivity contribution in [1.82, 2.24) is 24.5 Å². The van der Waals surface area contributed by atoms with Gasteiger partial charge < -0.3 is 14.2 Å². The van der Waals surface area contributed by atoms with Crippen molar-refractivity contribution in [2.45, 2.75) is 32.9 Å². The first-order valence-corrected chi connectivity index (χ1v) is 12.5. The van der Waals surface area contributed by atoms with E-state index in [4.69, 9.17) is 9.26 Å². The van der Waals surface area contributed by atoms with Crippen LogP contribution in [0.2, 0.25) is 0 Å². The van der Waals surface area contributed by atoms with Crippen LogP contribution >= 0.6 is 11.8 Å². The van der Waals surface area contributed by atoms with Crippen LogP contribution in [0.4, 0.5) is 5.95 Å². The van der Waals surface area contributed by atoms with Crippen LogP contribution in [0.25, 0.3) is 11.5 Å². The fourth-order valence-corrected chi connectivity index (χ4v) is 5.21. The van der Waals surface area contributed by atoms with Gasteiger partial charge in [0.25, 0.3) is 0 Å². The maximum Gasteiger partial charge on any atom is 0.232 e. The van der Waals surface area contributed by atoms with Crippen molar-refractivity contribution >= 4 is 23.5 Å². The number of thioether (sulfide) groups is 1. The third-order valence-electron chi connectivity index (χ3n) is 6.08. The van der Waals surface area contributed by atoms with Gasteiger partial charge in [0.2, 0.25) is 5.95 Å². The minimum absolute atomic E-state index is 0.0290. The van der Waals surface area contributed by atoms with E-state index in [1.165, 1.54) is 11.8 Å². The van der Waals surface area contributed by atoms with E-state index in [9.17, 15) is 4.79 Å². The molecule has 10 heteroatoms. The molecular weight excluding hydrogens is 464 g/mol. The second-order valence-corrected chi connectivity index (χ2v) is 9.63. The Morgan fingerprint density at radius 2 is 1.83 bits per heavy atom. The molecule has 182 valence electrons. The zero-order valence-corrected chi connectivity index (χ0v) is 21.1. The number of morpholine rings is 1. The fourth-order valence-electron chi connectivity index (χ4n) is 4.38. The van der Waals surface area contributed by atoms with E-state index in [1.54, 1.807) is 0 Å². The number of aromatic nitrogens is 5. The molecule has 0 aliphatic carbocycles. The second-order valence-electron chi connectivity index (χ2n) is 8.68. The molecule has 1 fully saturated rings. The van der Waals surface area contributed by atoms with Gasteiger partial charge in [0.1, 0.15) is 5.76 Å². The molecule has 3 aromatic heterocycles. The predicted molar refractivity (Wildman–Crippen MR) is 134 cm³/mol. The summed E-state index contributed by atoms with van der Waals surface area (Å²) in [6.45, 7) is 10.6. The number of nitrogens with zero attached hydrogens (tertiary/aromatic N) is 6. The molecule has 1 saturated heterocycles. The first-order valence-electron chi connectivity index (χ1n) is 11.6. The first kappa shape index (κ1) is 23.4. The molecule has 35 heavy (non-hydrogen) atoms. The van der Waals surface area contributed by atoms with Gasteiger partial charge in [-0.2, -0.15) is 0 Å². The number of rotatable bonds is 7. The molecule has 0 saturated carbocycles. The molecule has 0 spiro atoms. The number of ether oxygens (including phenoxy) is 1. The van der Waals surface area contributed by atoms with Gasteiger partial charge in [0.05, 0.1) is 24.7 Å². The summed E-state index contributed by atoms with van der Waals surface area (Å²) in [4.78, 5) is 15.5. The molecule has 5 rings (SSSR count). The molecule has 0 atom stereocenters. The van der Waals surface area contributed by atoms with E-state index in [1.807, 2.05) is 54.2 Å². The third kappa shape index (κ3) is 4.63. The van der Waals surface area contributed by atoms with E-state index in [2.05, 4.69) is 39.3 Å². The number of carbonyl (C=O) groups is 1. The van der Waals surface area contributed by atoms with Crippen LogP contribution in [0.15, 0.2) is 46.1 Å². The molecule has 4 heterocycles. The standard InChI is InChI=1S/C25H28N6O3S/c1-16-6-5-7-20(12-16)31-24(29-8-10-33-11-9-29)26-27-25(31)35-15-22(32)21-13-17(2)30(19(21)4)23-14-18(3)34-28-23/h5-7,12-14H,8-11,15H2,1-4H3. The van der Waals surface area contributed by atoms with Crippen molar-refractivity contribution < 1.29 is 14.1 Å². The van der Waals surface area contributed by atoms with Crippen LogP contribution in [0.1, 0.15) is 33.1 Å². The van der Waals surface area contributed by atoms with Gasteiger partial charge in [-0.25, -0.2) is 0 Å². The Morgan fingerprint density at radius 1 is 1.03 bits per heavy atom. The Morgan fingerprint density at radius 3 is 2.54 bits per heavy atom. The molecule has 0 N–H and O–H groups in total. The highest BCUT2D eigenvalue weighted by atomic mass is 32.2.